The first kappa shape index (κ1) is 17.9. The van der Waals surface area contributed by atoms with Crippen LogP contribution in [0.1, 0.15) is 5.56 Å². The van der Waals surface area contributed by atoms with E-state index in [4.69, 9.17) is 4.42 Å². The largest absolute Gasteiger partial charge is 0.423 e. The van der Waals surface area contributed by atoms with Gasteiger partial charge in [-0.05, 0) is 47.0 Å². The fourth-order valence-corrected chi connectivity index (χ4v) is 3.41. The van der Waals surface area contributed by atoms with E-state index in [9.17, 15) is 9.18 Å². The highest BCUT2D eigenvalue weighted by Crippen LogP contribution is 2.28. The molecule has 3 heterocycles. The Bertz CT molecular complexity index is 1390. The molecule has 2 aromatic carbocycles. The number of nitrogens with one attached hydrogen (secondary N) is 1. The van der Waals surface area contributed by atoms with Crippen molar-refractivity contribution < 1.29 is 13.5 Å². The van der Waals surface area contributed by atoms with Crippen LogP contribution in [0, 0.1) is 5.82 Å². The zero-order chi connectivity index (χ0) is 20.5. The molecule has 0 radical (unpaired) electrons. The molecule has 0 saturated heterocycles. The van der Waals surface area contributed by atoms with Crippen LogP contribution in [0.25, 0.3) is 33.5 Å². The number of rotatable bonds is 4. The van der Waals surface area contributed by atoms with E-state index in [1.807, 2.05) is 47.3 Å². The van der Waals surface area contributed by atoms with Crippen LogP contribution in [0.15, 0.2) is 88.3 Å². The minimum absolute atomic E-state index is 0.324. The summed E-state index contributed by atoms with van der Waals surface area (Å²) in [6, 6.07) is 18.8. The van der Waals surface area contributed by atoms with Crippen LogP contribution in [-0.2, 0) is 6.54 Å². The maximum absolute atomic E-state index is 13.3. The summed E-state index contributed by atoms with van der Waals surface area (Å²) in [4.78, 5) is 16.4. The summed E-state index contributed by atoms with van der Waals surface area (Å²) in [6.45, 7) is 0.514. The van der Waals surface area contributed by atoms with Crippen molar-refractivity contribution >= 4 is 11.0 Å². The summed E-state index contributed by atoms with van der Waals surface area (Å²) in [6.07, 6.45) is 3.59. The second kappa shape index (κ2) is 7.36. The molecule has 6 nitrogen and oxygen atoms in total. The number of aromatic nitrogens is 4. The van der Waals surface area contributed by atoms with Crippen LogP contribution in [-0.4, -0.2) is 15.3 Å². The Hall–Kier alpha value is -4.13. The summed E-state index contributed by atoms with van der Waals surface area (Å²) >= 11 is 0. The SMILES string of the molecule is O=c1cc(-c2ccc(F)cc2)c2ccc(C[n+]3cc(-c4ccccn4)n[nH]3)cc2o1. The van der Waals surface area contributed by atoms with Gasteiger partial charge in [-0.1, -0.05) is 35.5 Å². The molecule has 3 aromatic heterocycles. The van der Waals surface area contributed by atoms with Gasteiger partial charge in [-0.2, -0.15) is 4.68 Å². The number of pyridine rings is 1. The van der Waals surface area contributed by atoms with Crippen LogP contribution in [0.5, 0.6) is 0 Å². The first-order chi connectivity index (χ1) is 14.7. The Morgan fingerprint density at radius 1 is 1.00 bits per heavy atom. The number of hydrogen-bond acceptors (Lipinski definition) is 4. The molecule has 0 fully saturated rings. The summed E-state index contributed by atoms with van der Waals surface area (Å²) in [5.74, 6) is -0.324. The summed E-state index contributed by atoms with van der Waals surface area (Å²) in [5.41, 5.74) is 3.94. The van der Waals surface area contributed by atoms with E-state index >= 15 is 0 Å². The minimum atomic E-state index is -0.453. The Kier molecular flexibility index (Phi) is 4.40. The molecule has 30 heavy (non-hydrogen) atoms. The normalized spacial score (nSPS) is 11.1. The van der Waals surface area contributed by atoms with E-state index in [1.54, 1.807) is 18.3 Å². The number of halogens is 1. The Morgan fingerprint density at radius 3 is 2.67 bits per heavy atom. The average Bonchev–Trinajstić information content (AvgIpc) is 3.23. The second-order valence-corrected chi connectivity index (χ2v) is 6.89. The van der Waals surface area contributed by atoms with E-state index in [2.05, 4.69) is 15.3 Å². The molecule has 0 atom stereocenters. The number of nitrogens with zero attached hydrogens (tertiary/aromatic N) is 3. The summed E-state index contributed by atoms with van der Waals surface area (Å²) < 4.78 is 20.5. The third kappa shape index (κ3) is 3.48. The average molecular weight is 399 g/mol. The zero-order valence-electron chi connectivity index (χ0n) is 15.7. The molecular weight excluding hydrogens is 383 g/mol. The van der Waals surface area contributed by atoms with Gasteiger partial charge in [0.15, 0.2) is 6.20 Å². The zero-order valence-corrected chi connectivity index (χ0v) is 15.7. The molecule has 0 aliphatic rings. The van der Waals surface area contributed by atoms with Gasteiger partial charge < -0.3 is 4.42 Å². The maximum atomic E-state index is 13.3. The fraction of sp³-hybridized carbons (Fsp3) is 0.0435. The summed E-state index contributed by atoms with van der Waals surface area (Å²) in [5, 5.41) is 8.03. The first-order valence-electron chi connectivity index (χ1n) is 9.35. The lowest BCUT2D eigenvalue weighted by molar-refractivity contribution is -0.745. The minimum Gasteiger partial charge on any atom is -0.423 e. The van der Waals surface area contributed by atoms with Crippen molar-refractivity contribution in [3.05, 3.63) is 101 Å². The van der Waals surface area contributed by atoms with Crippen molar-refractivity contribution in [2.45, 2.75) is 6.54 Å². The Balaban J connectivity index is 1.49. The number of fused-ring (bicyclic) bond motifs is 1. The molecular formula is C23H16FN4O2+. The van der Waals surface area contributed by atoms with Crippen molar-refractivity contribution in [1.82, 2.24) is 15.3 Å². The molecule has 0 amide bonds. The summed E-state index contributed by atoms with van der Waals surface area (Å²) in [7, 11) is 0. The van der Waals surface area contributed by atoms with Gasteiger partial charge in [-0.15, -0.1) is 0 Å². The molecule has 0 aliphatic heterocycles. The molecule has 0 bridgehead atoms. The highest BCUT2D eigenvalue weighted by Gasteiger charge is 2.14. The predicted octanol–water partition coefficient (Wildman–Crippen LogP) is 3.72. The molecule has 7 heteroatoms. The Labute approximate surface area is 170 Å². The van der Waals surface area contributed by atoms with Gasteiger partial charge in [0.2, 0.25) is 0 Å². The van der Waals surface area contributed by atoms with Crippen molar-refractivity contribution in [2.75, 3.05) is 0 Å². The third-order valence-electron chi connectivity index (χ3n) is 4.82. The predicted molar refractivity (Wildman–Crippen MR) is 109 cm³/mol. The number of H-pyrrole nitrogens is 1. The lowest BCUT2D eigenvalue weighted by Crippen LogP contribution is -2.35. The number of aromatic amines is 1. The van der Waals surface area contributed by atoms with Gasteiger partial charge in [0.1, 0.15) is 23.6 Å². The van der Waals surface area contributed by atoms with Gasteiger partial charge >= 0.3 is 5.63 Å². The van der Waals surface area contributed by atoms with E-state index in [1.165, 1.54) is 18.2 Å². The van der Waals surface area contributed by atoms with Crippen molar-refractivity contribution in [1.29, 1.82) is 0 Å². The van der Waals surface area contributed by atoms with E-state index < -0.39 is 5.63 Å². The maximum Gasteiger partial charge on any atom is 0.336 e. The highest BCUT2D eigenvalue weighted by molar-refractivity contribution is 5.93. The van der Waals surface area contributed by atoms with Gasteiger partial charge in [0.25, 0.3) is 5.69 Å². The molecule has 5 rings (SSSR count). The molecule has 0 unspecified atom stereocenters. The molecule has 5 aromatic rings. The Morgan fingerprint density at radius 2 is 1.87 bits per heavy atom. The molecule has 0 aliphatic carbocycles. The van der Waals surface area contributed by atoms with Crippen LogP contribution in [0.4, 0.5) is 4.39 Å². The number of hydrogen-bond donors (Lipinski definition) is 1. The third-order valence-corrected chi connectivity index (χ3v) is 4.82. The van der Waals surface area contributed by atoms with Crippen LogP contribution in [0.2, 0.25) is 0 Å². The van der Waals surface area contributed by atoms with E-state index in [0.717, 1.165) is 27.9 Å². The fourth-order valence-electron chi connectivity index (χ4n) is 3.41. The van der Waals surface area contributed by atoms with Gasteiger partial charge in [0, 0.05) is 22.7 Å². The van der Waals surface area contributed by atoms with Gasteiger partial charge in [0.05, 0.1) is 0 Å². The van der Waals surface area contributed by atoms with Crippen molar-refractivity contribution in [3.63, 3.8) is 0 Å². The second-order valence-electron chi connectivity index (χ2n) is 6.89. The quantitative estimate of drug-likeness (QED) is 0.369. The van der Waals surface area contributed by atoms with Crippen molar-refractivity contribution in [3.8, 4) is 22.5 Å². The smallest absolute Gasteiger partial charge is 0.336 e. The van der Waals surface area contributed by atoms with Gasteiger partial charge in [-0.25, -0.2) is 9.18 Å². The van der Waals surface area contributed by atoms with E-state index in [0.29, 0.717) is 17.7 Å². The van der Waals surface area contributed by atoms with Gasteiger partial charge in [-0.3, -0.25) is 4.98 Å². The molecule has 0 saturated carbocycles. The first-order valence-corrected chi connectivity index (χ1v) is 9.35. The molecule has 146 valence electrons. The standard InChI is InChI=1S/C23H15FN4O2/c24-17-7-5-16(6-8-17)19-12-23(29)30-22-11-15(4-9-18(19)22)13-28-14-21(26-27-28)20-3-1-2-10-25-20/h1-12,14H,13H2/p+1. The monoisotopic (exact) mass is 399 g/mol. The molecule has 0 spiro atoms. The van der Waals surface area contributed by atoms with E-state index in [-0.39, 0.29) is 5.82 Å². The molecule has 1 N–H and O–H groups in total. The van der Waals surface area contributed by atoms with Crippen LogP contribution in [0.3, 0.4) is 0 Å². The lowest BCUT2D eigenvalue weighted by Gasteiger charge is -2.07. The van der Waals surface area contributed by atoms with Crippen LogP contribution >= 0.6 is 0 Å². The van der Waals surface area contributed by atoms with Crippen molar-refractivity contribution in [2.24, 2.45) is 0 Å². The highest BCUT2D eigenvalue weighted by atomic mass is 19.1. The lowest BCUT2D eigenvalue weighted by atomic mass is 10.0. The van der Waals surface area contributed by atoms with Crippen LogP contribution < -0.4 is 10.3 Å². The topological polar surface area (TPSA) is 75.7 Å². The number of benzene rings is 2.